The first-order valence-corrected chi connectivity index (χ1v) is 4.74. The number of anilines is 2. The number of ether oxygens (including phenoxy) is 2. The first kappa shape index (κ1) is 11.6. The molecule has 0 spiro atoms. The summed E-state index contributed by atoms with van der Waals surface area (Å²) in [7, 11) is 3.21. The molecule has 5 nitrogen and oxygen atoms in total. The Bertz CT molecular complexity index is 318. The van der Waals surface area contributed by atoms with Crippen LogP contribution >= 0.6 is 0 Å². The monoisotopic (exact) mass is 211 g/mol. The van der Waals surface area contributed by atoms with Crippen molar-refractivity contribution in [2.45, 2.75) is 13.0 Å². The van der Waals surface area contributed by atoms with E-state index in [1.165, 1.54) is 0 Å². The van der Waals surface area contributed by atoms with Gasteiger partial charge in [-0.15, -0.1) is 0 Å². The summed E-state index contributed by atoms with van der Waals surface area (Å²) in [6.45, 7) is 2.66. The van der Waals surface area contributed by atoms with Crippen molar-refractivity contribution in [1.29, 1.82) is 0 Å². The summed E-state index contributed by atoms with van der Waals surface area (Å²) in [5.41, 5.74) is 6.17. The smallest absolute Gasteiger partial charge is 0.238 e. The van der Waals surface area contributed by atoms with E-state index < -0.39 is 0 Å². The quantitative estimate of drug-likeness (QED) is 0.763. The van der Waals surface area contributed by atoms with Gasteiger partial charge in [0, 0.05) is 13.7 Å². The van der Waals surface area contributed by atoms with E-state index in [1.54, 1.807) is 26.4 Å². The fraction of sp³-hybridized carbons (Fsp3) is 0.500. The summed E-state index contributed by atoms with van der Waals surface area (Å²) < 4.78 is 10.1. The molecule has 5 heteroatoms. The third kappa shape index (κ3) is 3.28. The first-order valence-electron chi connectivity index (χ1n) is 4.74. The zero-order valence-electron chi connectivity index (χ0n) is 9.28. The maximum atomic E-state index is 5.64. The second-order valence-electron chi connectivity index (χ2n) is 3.22. The molecule has 0 amide bonds. The van der Waals surface area contributed by atoms with E-state index >= 15 is 0 Å². The summed E-state index contributed by atoms with van der Waals surface area (Å²) in [5.74, 6) is 1.16. The van der Waals surface area contributed by atoms with Crippen LogP contribution in [0.25, 0.3) is 0 Å². The summed E-state index contributed by atoms with van der Waals surface area (Å²) in [4.78, 5) is 4.18. The summed E-state index contributed by atoms with van der Waals surface area (Å²) in [6.07, 6.45) is 0.135. The van der Waals surface area contributed by atoms with Gasteiger partial charge in [-0.25, -0.2) is 0 Å². The van der Waals surface area contributed by atoms with Crippen molar-refractivity contribution < 1.29 is 9.47 Å². The van der Waals surface area contributed by atoms with Gasteiger partial charge in [-0.2, -0.15) is 4.98 Å². The normalized spacial score (nSPS) is 12.2. The fourth-order valence-electron chi connectivity index (χ4n) is 1.04. The van der Waals surface area contributed by atoms with Crippen LogP contribution in [-0.2, 0) is 4.74 Å². The lowest BCUT2D eigenvalue weighted by Gasteiger charge is -2.12. The summed E-state index contributed by atoms with van der Waals surface area (Å²) in [6, 6.07) is 3.56. The van der Waals surface area contributed by atoms with Gasteiger partial charge in [0.15, 0.2) is 0 Å². The van der Waals surface area contributed by atoms with Crippen molar-refractivity contribution in [1.82, 2.24) is 4.98 Å². The van der Waals surface area contributed by atoms with Gasteiger partial charge in [-0.05, 0) is 19.1 Å². The molecule has 0 aliphatic carbocycles. The van der Waals surface area contributed by atoms with Crippen molar-refractivity contribution >= 4 is 11.5 Å². The van der Waals surface area contributed by atoms with Gasteiger partial charge in [-0.1, -0.05) is 0 Å². The van der Waals surface area contributed by atoms with Crippen LogP contribution in [-0.4, -0.2) is 31.9 Å². The lowest BCUT2D eigenvalue weighted by Crippen LogP contribution is -2.18. The molecule has 15 heavy (non-hydrogen) atoms. The number of hydrogen-bond donors (Lipinski definition) is 2. The number of nitrogens with zero attached hydrogens (tertiary/aromatic N) is 1. The second-order valence-corrected chi connectivity index (χ2v) is 3.22. The third-order valence-electron chi connectivity index (χ3n) is 2.06. The molecule has 1 rings (SSSR count). The second kappa shape index (κ2) is 5.41. The van der Waals surface area contributed by atoms with Crippen LogP contribution in [0.15, 0.2) is 12.1 Å². The highest BCUT2D eigenvalue weighted by atomic mass is 16.5. The number of nitrogen functional groups attached to an aromatic ring is 1. The molecule has 0 aliphatic heterocycles. The topological polar surface area (TPSA) is 69.4 Å². The first-order chi connectivity index (χ1) is 7.17. The molecule has 1 unspecified atom stereocenters. The standard InChI is InChI=1S/C10H17N3O2/c1-7(14-2)6-12-9-5-4-8(11)10(13-9)15-3/h4-5,7H,6,11H2,1-3H3,(H,12,13). The molecule has 0 aromatic carbocycles. The van der Waals surface area contributed by atoms with Gasteiger partial charge in [0.25, 0.3) is 0 Å². The predicted octanol–water partition coefficient (Wildman–Crippen LogP) is 1.12. The summed E-state index contributed by atoms with van der Waals surface area (Å²) >= 11 is 0. The van der Waals surface area contributed by atoms with E-state index in [0.29, 0.717) is 18.1 Å². The SMILES string of the molecule is COc1nc(NCC(C)OC)ccc1N. The molecule has 0 radical (unpaired) electrons. The van der Waals surface area contributed by atoms with E-state index in [9.17, 15) is 0 Å². The van der Waals surface area contributed by atoms with Gasteiger partial charge >= 0.3 is 0 Å². The van der Waals surface area contributed by atoms with Crippen LogP contribution in [0.3, 0.4) is 0 Å². The molecule has 1 aromatic rings. The highest BCUT2D eigenvalue weighted by molar-refractivity contribution is 5.53. The van der Waals surface area contributed by atoms with Gasteiger partial charge < -0.3 is 20.5 Å². The molecule has 0 fully saturated rings. The number of rotatable bonds is 5. The maximum absolute atomic E-state index is 5.64. The number of hydrogen-bond acceptors (Lipinski definition) is 5. The molecule has 0 aliphatic rings. The molecule has 1 aromatic heterocycles. The molecular formula is C10H17N3O2. The molecule has 1 atom stereocenters. The Balaban J connectivity index is 2.62. The van der Waals surface area contributed by atoms with Crippen molar-refractivity contribution in [3.8, 4) is 5.88 Å². The molecule has 1 heterocycles. The van der Waals surface area contributed by atoms with Crippen molar-refractivity contribution in [3.63, 3.8) is 0 Å². The van der Waals surface area contributed by atoms with Gasteiger partial charge in [0.05, 0.1) is 18.9 Å². The Hall–Kier alpha value is -1.49. The van der Waals surface area contributed by atoms with Crippen LogP contribution < -0.4 is 15.8 Å². The average Bonchev–Trinajstić information content (AvgIpc) is 2.27. The average molecular weight is 211 g/mol. The minimum atomic E-state index is 0.135. The number of nitrogens with two attached hydrogens (primary N) is 1. The number of aromatic nitrogens is 1. The van der Waals surface area contributed by atoms with E-state index in [-0.39, 0.29) is 6.10 Å². The largest absolute Gasteiger partial charge is 0.479 e. The van der Waals surface area contributed by atoms with E-state index in [2.05, 4.69) is 10.3 Å². The van der Waals surface area contributed by atoms with Crippen LogP contribution in [0.5, 0.6) is 5.88 Å². The fourth-order valence-corrected chi connectivity index (χ4v) is 1.04. The molecule has 3 N–H and O–H groups in total. The number of nitrogens with one attached hydrogen (secondary N) is 1. The van der Waals surface area contributed by atoms with Crippen LogP contribution in [0.1, 0.15) is 6.92 Å². The minimum absolute atomic E-state index is 0.135. The molecule has 0 saturated carbocycles. The van der Waals surface area contributed by atoms with Crippen molar-refractivity contribution in [3.05, 3.63) is 12.1 Å². The van der Waals surface area contributed by atoms with E-state index in [4.69, 9.17) is 15.2 Å². The lowest BCUT2D eigenvalue weighted by atomic mass is 10.3. The Labute approximate surface area is 89.6 Å². The predicted molar refractivity (Wildman–Crippen MR) is 60.2 cm³/mol. The number of methoxy groups -OCH3 is 2. The highest BCUT2D eigenvalue weighted by Gasteiger charge is 2.04. The Kier molecular flexibility index (Phi) is 4.17. The van der Waals surface area contributed by atoms with Gasteiger partial charge in [0.1, 0.15) is 5.82 Å². The Morgan fingerprint density at radius 1 is 1.47 bits per heavy atom. The zero-order valence-corrected chi connectivity index (χ0v) is 9.28. The van der Waals surface area contributed by atoms with Crippen molar-refractivity contribution in [2.24, 2.45) is 0 Å². The molecule has 84 valence electrons. The maximum Gasteiger partial charge on any atom is 0.238 e. The van der Waals surface area contributed by atoms with E-state index in [0.717, 1.165) is 5.82 Å². The van der Waals surface area contributed by atoms with Crippen molar-refractivity contribution in [2.75, 3.05) is 31.8 Å². The van der Waals surface area contributed by atoms with Gasteiger partial charge in [-0.3, -0.25) is 0 Å². The van der Waals surface area contributed by atoms with Crippen LogP contribution in [0, 0.1) is 0 Å². The lowest BCUT2D eigenvalue weighted by molar-refractivity contribution is 0.128. The highest BCUT2D eigenvalue weighted by Crippen LogP contribution is 2.19. The number of pyridine rings is 1. The zero-order chi connectivity index (χ0) is 11.3. The molecule has 0 bridgehead atoms. The van der Waals surface area contributed by atoms with E-state index in [1.807, 2.05) is 6.92 Å². The van der Waals surface area contributed by atoms with Crippen LogP contribution in [0.4, 0.5) is 11.5 Å². The Morgan fingerprint density at radius 3 is 2.80 bits per heavy atom. The Morgan fingerprint density at radius 2 is 2.20 bits per heavy atom. The van der Waals surface area contributed by atoms with Gasteiger partial charge in [0.2, 0.25) is 5.88 Å². The van der Waals surface area contributed by atoms with Crippen LogP contribution in [0.2, 0.25) is 0 Å². The molecule has 0 saturated heterocycles. The third-order valence-corrected chi connectivity index (χ3v) is 2.06. The summed E-state index contributed by atoms with van der Waals surface area (Å²) in [5, 5.41) is 3.13. The molecular weight excluding hydrogens is 194 g/mol. The minimum Gasteiger partial charge on any atom is -0.479 e.